The number of hydrogen-bond donors (Lipinski definition) is 1. The Morgan fingerprint density at radius 3 is 2.50 bits per heavy atom. The van der Waals surface area contributed by atoms with E-state index in [1.165, 1.54) is 38.5 Å². The van der Waals surface area contributed by atoms with Crippen molar-refractivity contribution in [3.8, 4) is 6.07 Å². The molecule has 0 spiro atoms. The SMILES string of the molecule is Cc1c(C#N)c(N)n(CCC2CCCCC2)c1C. The second-order valence-corrected chi connectivity index (χ2v) is 5.53. The Morgan fingerprint density at radius 2 is 1.94 bits per heavy atom. The highest BCUT2D eigenvalue weighted by Crippen LogP contribution is 2.29. The number of nitrogen functional groups attached to an aromatic ring is 1. The molecule has 1 aliphatic rings. The molecule has 0 unspecified atom stereocenters. The van der Waals surface area contributed by atoms with Crippen molar-refractivity contribution in [3.05, 3.63) is 16.8 Å². The molecule has 2 rings (SSSR count). The van der Waals surface area contributed by atoms with E-state index in [0.29, 0.717) is 11.4 Å². The van der Waals surface area contributed by atoms with Gasteiger partial charge in [-0.15, -0.1) is 0 Å². The first-order valence-electron chi connectivity index (χ1n) is 7.00. The van der Waals surface area contributed by atoms with Crippen molar-refractivity contribution in [1.82, 2.24) is 4.57 Å². The predicted molar refractivity (Wildman–Crippen MR) is 74.2 cm³/mol. The molecule has 1 heterocycles. The fourth-order valence-electron chi connectivity index (χ4n) is 3.11. The zero-order valence-electron chi connectivity index (χ0n) is 11.5. The summed E-state index contributed by atoms with van der Waals surface area (Å²) in [5.41, 5.74) is 8.93. The molecule has 98 valence electrons. The Morgan fingerprint density at radius 1 is 1.28 bits per heavy atom. The van der Waals surface area contributed by atoms with Gasteiger partial charge in [0.1, 0.15) is 11.9 Å². The highest BCUT2D eigenvalue weighted by molar-refractivity contribution is 5.57. The number of nitriles is 1. The molecule has 1 aromatic rings. The van der Waals surface area contributed by atoms with Crippen LogP contribution in [-0.4, -0.2) is 4.57 Å². The number of anilines is 1. The van der Waals surface area contributed by atoms with Gasteiger partial charge in [-0.05, 0) is 31.7 Å². The Hall–Kier alpha value is -1.43. The van der Waals surface area contributed by atoms with Gasteiger partial charge < -0.3 is 10.3 Å². The summed E-state index contributed by atoms with van der Waals surface area (Å²) in [5, 5.41) is 9.11. The van der Waals surface area contributed by atoms with E-state index in [1.54, 1.807) is 0 Å². The van der Waals surface area contributed by atoms with E-state index in [2.05, 4.69) is 17.6 Å². The van der Waals surface area contributed by atoms with Crippen LogP contribution in [0.15, 0.2) is 0 Å². The van der Waals surface area contributed by atoms with Crippen LogP contribution in [0.5, 0.6) is 0 Å². The molecule has 0 atom stereocenters. The Bertz CT molecular complexity index is 459. The molecule has 3 heteroatoms. The number of rotatable bonds is 3. The molecule has 0 amide bonds. The third kappa shape index (κ3) is 2.38. The fourth-order valence-corrected chi connectivity index (χ4v) is 3.11. The van der Waals surface area contributed by atoms with Crippen LogP contribution < -0.4 is 5.73 Å². The van der Waals surface area contributed by atoms with Gasteiger partial charge in [-0.2, -0.15) is 5.26 Å². The molecule has 0 bridgehead atoms. The van der Waals surface area contributed by atoms with Gasteiger partial charge in [0.2, 0.25) is 0 Å². The van der Waals surface area contributed by atoms with Gasteiger partial charge in [0, 0.05) is 12.2 Å². The fraction of sp³-hybridized carbons (Fsp3) is 0.667. The topological polar surface area (TPSA) is 54.7 Å². The van der Waals surface area contributed by atoms with Gasteiger partial charge in [-0.3, -0.25) is 0 Å². The Balaban J connectivity index is 2.07. The molecule has 0 saturated heterocycles. The zero-order valence-corrected chi connectivity index (χ0v) is 11.5. The molecule has 0 aromatic carbocycles. The van der Waals surface area contributed by atoms with Gasteiger partial charge >= 0.3 is 0 Å². The quantitative estimate of drug-likeness (QED) is 0.885. The Labute approximate surface area is 110 Å². The lowest BCUT2D eigenvalue weighted by molar-refractivity contribution is 0.324. The van der Waals surface area contributed by atoms with Crippen molar-refractivity contribution < 1.29 is 0 Å². The van der Waals surface area contributed by atoms with E-state index >= 15 is 0 Å². The van der Waals surface area contributed by atoms with Crippen molar-refractivity contribution in [1.29, 1.82) is 5.26 Å². The number of aromatic nitrogens is 1. The molecule has 1 saturated carbocycles. The highest BCUT2D eigenvalue weighted by Gasteiger charge is 2.17. The van der Waals surface area contributed by atoms with E-state index in [4.69, 9.17) is 11.0 Å². The summed E-state index contributed by atoms with van der Waals surface area (Å²) in [4.78, 5) is 0. The van der Waals surface area contributed by atoms with Gasteiger partial charge in [-0.1, -0.05) is 32.1 Å². The summed E-state index contributed by atoms with van der Waals surface area (Å²) in [7, 11) is 0. The normalized spacial score (nSPS) is 16.7. The minimum Gasteiger partial charge on any atom is -0.384 e. The standard InChI is InChI=1S/C15H23N3/c1-11-12(2)18(15(17)14(11)10-16)9-8-13-6-4-3-5-7-13/h13H,3-9,17H2,1-2H3. The summed E-state index contributed by atoms with van der Waals surface area (Å²) >= 11 is 0. The zero-order chi connectivity index (χ0) is 13.1. The largest absolute Gasteiger partial charge is 0.384 e. The third-order valence-corrected chi connectivity index (χ3v) is 4.47. The summed E-state index contributed by atoms with van der Waals surface area (Å²) in [5.74, 6) is 1.51. The molecule has 1 fully saturated rings. The van der Waals surface area contributed by atoms with Crippen LogP contribution in [0.1, 0.15) is 55.3 Å². The molecule has 18 heavy (non-hydrogen) atoms. The summed E-state index contributed by atoms with van der Waals surface area (Å²) in [6, 6.07) is 2.22. The average Bonchev–Trinajstić information content (AvgIpc) is 2.60. The van der Waals surface area contributed by atoms with Crippen molar-refractivity contribution in [2.75, 3.05) is 5.73 Å². The smallest absolute Gasteiger partial charge is 0.122 e. The molecule has 2 N–H and O–H groups in total. The lowest BCUT2D eigenvalue weighted by Crippen LogP contribution is -2.12. The van der Waals surface area contributed by atoms with Gasteiger partial charge in [-0.25, -0.2) is 0 Å². The number of nitrogens with zero attached hydrogens (tertiary/aromatic N) is 2. The summed E-state index contributed by atoms with van der Waals surface area (Å²) in [6.07, 6.45) is 8.10. The maximum absolute atomic E-state index is 9.11. The monoisotopic (exact) mass is 245 g/mol. The van der Waals surface area contributed by atoms with Crippen LogP contribution >= 0.6 is 0 Å². The molecular formula is C15H23N3. The van der Waals surface area contributed by atoms with Crippen LogP contribution in [0.4, 0.5) is 5.82 Å². The molecule has 1 aromatic heterocycles. The molecular weight excluding hydrogens is 222 g/mol. The second kappa shape index (κ2) is 5.48. The average molecular weight is 245 g/mol. The first kappa shape index (κ1) is 13.0. The van der Waals surface area contributed by atoms with E-state index in [9.17, 15) is 0 Å². The van der Waals surface area contributed by atoms with Crippen molar-refractivity contribution in [2.24, 2.45) is 5.92 Å². The maximum atomic E-state index is 9.11. The lowest BCUT2D eigenvalue weighted by Gasteiger charge is -2.22. The van der Waals surface area contributed by atoms with Crippen LogP contribution in [-0.2, 0) is 6.54 Å². The summed E-state index contributed by atoms with van der Waals surface area (Å²) in [6.45, 7) is 5.01. The van der Waals surface area contributed by atoms with Gasteiger partial charge in [0.05, 0.1) is 5.56 Å². The second-order valence-electron chi connectivity index (χ2n) is 5.53. The van der Waals surface area contributed by atoms with Crippen molar-refractivity contribution >= 4 is 5.82 Å². The lowest BCUT2D eigenvalue weighted by atomic mass is 9.87. The third-order valence-electron chi connectivity index (χ3n) is 4.47. The summed E-state index contributed by atoms with van der Waals surface area (Å²) < 4.78 is 2.13. The first-order valence-corrected chi connectivity index (χ1v) is 7.00. The molecule has 0 radical (unpaired) electrons. The van der Waals surface area contributed by atoms with E-state index < -0.39 is 0 Å². The van der Waals surface area contributed by atoms with Gasteiger partial charge in [0.15, 0.2) is 0 Å². The van der Waals surface area contributed by atoms with Crippen molar-refractivity contribution in [3.63, 3.8) is 0 Å². The highest BCUT2D eigenvalue weighted by atomic mass is 15.1. The van der Waals surface area contributed by atoms with Crippen LogP contribution in [0.25, 0.3) is 0 Å². The number of hydrogen-bond acceptors (Lipinski definition) is 2. The van der Waals surface area contributed by atoms with Gasteiger partial charge in [0.25, 0.3) is 0 Å². The predicted octanol–water partition coefficient (Wildman–Crippen LogP) is 3.53. The van der Waals surface area contributed by atoms with E-state index in [0.717, 1.165) is 23.7 Å². The van der Waals surface area contributed by atoms with Crippen LogP contribution in [0.2, 0.25) is 0 Å². The van der Waals surface area contributed by atoms with Crippen LogP contribution in [0.3, 0.4) is 0 Å². The van der Waals surface area contributed by atoms with E-state index in [1.807, 2.05) is 6.92 Å². The van der Waals surface area contributed by atoms with Crippen molar-refractivity contribution in [2.45, 2.75) is 58.9 Å². The Kier molecular flexibility index (Phi) is 3.96. The van der Waals surface area contributed by atoms with Crippen LogP contribution in [0, 0.1) is 31.1 Å². The van der Waals surface area contributed by atoms with E-state index in [-0.39, 0.29) is 0 Å². The first-order chi connectivity index (χ1) is 8.65. The molecule has 3 nitrogen and oxygen atoms in total. The minimum absolute atomic E-state index is 0.656. The number of nitrogens with two attached hydrogens (primary N) is 1. The maximum Gasteiger partial charge on any atom is 0.122 e. The molecule has 0 aliphatic heterocycles. The minimum atomic E-state index is 0.656. The molecule has 1 aliphatic carbocycles.